The Balaban J connectivity index is 2.34. The summed E-state index contributed by atoms with van der Waals surface area (Å²) < 4.78 is 40.6. The molecule has 0 bridgehead atoms. The van der Waals surface area contributed by atoms with Gasteiger partial charge in [0.1, 0.15) is 5.82 Å². The Kier molecular flexibility index (Phi) is 4.65. The van der Waals surface area contributed by atoms with Crippen LogP contribution in [0, 0.1) is 17.5 Å². The second-order valence-electron chi connectivity index (χ2n) is 4.30. The van der Waals surface area contributed by atoms with Crippen molar-refractivity contribution >= 4 is 11.6 Å². The van der Waals surface area contributed by atoms with Crippen molar-refractivity contribution in [1.82, 2.24) is 5.43 Å². The van der Waals surface area contributed by atoms with Crippen LogP contribution in [-0.4, -0.2) is 0 Å². The molecule has 0 aromatic heterocycles. The number of benzene rings is 2. The van der Waals surface area contributed by atoms with Crippen LogP contribution in [0.15, 0.2) is 36.4 Å². The number of nitrogens with two attached hydrogens (primary N) is 1. The molecule has 0 aliphatic heterocycles. The second kappa shape index (κ2) is 6.26. The summed E-state index contributed by atoms with van der Waals surface area (Å²) >= 11 is 5.79. The van der Waals surface area contributed by atoms with Crippen LogP contribution in [-0.2, 0) is 6.42 Å². The number of hydrazine groups is 1. The molecule has 6 heteroatoms. The fourth-order valence-electron chi connectivity index (χ4n) is 1.97. The molecule has 0 saturated carbocycles. The molecule has 20 heavy (non-hydrogen) atoms. The van der Waals surface area contributed by atoms with Gasteiger partial charge >= 0.3 is 0 Å². The van der Waals surface area contributed by atoms with Crippen molar-refractivity contribution in [3.05, 3.63) is 70.0 Å². The van der Waals surface area contributed by atoms with Gasteiger partial charge in [0.2, 0.25) is 0 Å². The first-order valence-electron chi connectivity index (χ1n) is 5.87. The first kappa shape index (κ1) is 14.8. The van der Waals surface area contributed by atoms with E-state index in [0.29, 0.717) is 5.02 Å². The van der Waals surface area contributed by atoms with Gasteiger partial charge in [0.05, 0.1) is 6.04 Å². The van der Waals surface area contributed by atoms with Crippen LogP contribution in [0.4, 0.5) is 13.2 Å². The van der Waals surface area contributed by atoms with Crippen LogP contribution < -0.4 is 11.3 Å². The summed E-state index contributed by atoms with van der Waals surface area (Å²) in [5.74, 6) is 2.91. The zero-order valence-corrected chi connectivity index (χ0v) is 11.1. The van der Waals surface area contributed by atoms with E-state index in [1.54, 1.807) is 0 Å². The van der Waals surface area contributed by atoms with Crippen LogP contribution in [0.5, 0.6) is 0 Å². The Morgan fingerprint density at radius 1 is 1.10 bits per heavy atom. The molecule has 0 saturated heterocycles. The summed E-state index contributed by atoms with van der Waals surface area (Å²) in [6, 6.07) is 7.06. The highest BCUT2D eigenvalue weighted by molar-refractivity contribution is 6.30. The summed E-state index contributed by atoms with van der Waals surface area (Å²) in [4.78, 5) is 0. The second-order valence-corrected chi connectivity index (χ2v) is 4.74. The van der Waals surface area contributed by atoms with Gasteiger partial charge in [-0.15, -0.1) is 0 Å². The van der Waals surface area contributed by atoms with Crippen LogP contribution >= 0.6 is 11.6 Å². The molecule has 0 radical (unpaired) electrons. The molecule has 106 valence electrons. The lowest BCUT2D eigenvalue weighted by Crippen LogP contribution is -2.30. The Morgan fingerprint density at radius 3 is 2.55 bits per heavy atom. The van der Waals surface area contributed by atoms with Crippen molar-refractivity contribution in [3.63, 3.8) is 0 Å². The van der Waals surface area contributed by atoms with Gasteiger partial charge in [0, 0.05) is 10.6 Å². The van der Waals surface area contributed by atoms with Gasteiger partial charge < -0.3 is 0 Å². The molecule has 2 rings (SSSR count). The van der Waals surface area contributed by atoms with E-state index in [0.717, 1.165) is 6.07 Å². The van der Waals surface area contributed by atoms with Gasteiger partial charge in [-0.05, 0) is 36.2 Å². The third-order valence-corrected chi connectivity index (χ3v) is 3.22. The third kappa shape index (κ3) is 3.12. The Labute approximate surface area is 119 Å². The highest BCUT2D eigenvalue weighted by Gasteiger charge is 2.19. The van der Waals surface area contributed by atoms with Crippen molar-refractivity contribution in [3.8, 4) is 0 Å². The van der Waals surface area contributed by atoms with E-state index in [9.17, 15) is 13.2 Å². The maximum absolute atomic E-state index is 13.7. The highest BCUT2D eigenvalue weighted by Crippen LogP contribution is 2.25. The fourth-order valence-corrected chi connectivity index (χ4v) is 2.16. The minimum absolute atomic E-state index is 0.0341. The van der Waals surface area contributed by atoms with E-state index >= 15 is 0 Å². The van der Waals surface area contributed by atoms with E-state index in [1.165, 1.54) is 30.3 Å². The first-order chi connectivity index (χ1) is 9.52. The topological polar surface area (TPSA) is 38.0 Å². The van der Waals surface area contributed by atoms with Gasteiger partial charge in [-0.1, -0.05) is 23.7 Å². The monoisotopic (exact) mass is 300 g/mol. The Hall–Kier alpha value is -1.56. The van der Waals surface area contributed by atoms with Crippen LogP contribution in [0.1, 0.15) is 17.2 Å². The highest BCUT2D eigenvalue weighted by atomic mass is 35.5. The maximum Gasteiger partial charge on any atom is 0.163 e. The van der Waals surface area contributed by atoms with Crippen molar-refractivity contribution < 1.29 is 13.2 Å². The maximum atomic E-state index is 13.7. The molecule has 0 amide bonds. The number of hydrogen-bond donors (Lipinski definition) is 2. The van der Waals surface area contributed by atoms with Gasteiger partial charge in [-0.3, -0.25) is 11.3 Å². The quantitative estimate of drug-likeness (QED) is 0.670. The van der Waals surface area contributed by atoms with Crippen molar-refractivity contribution in [2.24, 2.45) is 5.84 Å². The SMILES string of the molecule is NNC(Cc1cc(Cl)ccc1F)c1cccc(F)c1F. The minimum atomic E-state index is -1.00. The first-order valence-corrected chi connectivity index (χ1v) is 6.24. The number of halogens is 4. The largest absolute Gasteiger partial charge is 0.271 e. The van der Waals surface area contributed by atoms with E-state index in [4.69, 9.17) is 17.4 Å². The molecule has 2 aromatic rings. The van der Waals surface area contributed by atoms with Crippen LogP contribution in [0.3, 0.4) is 0 Å². The molecular formula is C14H12ClF3N2. The molecule has 0 aliphatic carbocycles. The smallest absolute Gasteiger partial charge is 0.163 e. The average Bonchev–Trinajstić information content (AvgIpc) is 2.43. The molecule has 2 aromatic carbocycles. The predicted octanol–water partition coefficient (Wildman–Crippen LogP) is 3.50. The Bertz CT molecular complexity index is 619. The summed E-state index contributed by atoms with van der Waals surface area (Å²) in [6.45, 7) is 0. The standard InChI is InChI=1S/C14H12ClF3N2/c15-9-4-5-11(16)8(6-9)7-13(20-19)10-2-1-3-12(17)14(10)18/h1-6,13,20H,7,19H2. The van der Waals surface area contributed by atoms with Crippen LogP contribution in [0.25, 0.3) is 0 Å². The van der Waals surface area contributed by atoms with Gasteiger partial charge in [-0.2, -0.15) is 0 Å². The fraction of sp³-hybridized carbons (Fsp3) is 0.143. The van der Waals surface area contributed by atoms with Crippen molar-refractivity contribution in [2.45, 2.75) is 12.5 Å². The van der Waals surface area contributed by atoms with E-state index in [-0.39, 0.29) is 17.5 Å². The summed E-state index contributed by atoms with van der Waals surface area (Å²) in [5.41, 5.74) is 2.67. The number of hydrogen-bond acceptors (Lipinski definition) is 2. The van der Waals surface area contributed by atoms with Crippen LogP contribution in [0.2, 0.25) is 5.02 Å². The normalized spacial score (nSPS) is 12.4. The molecule has 1 unspecified atom stereocenters. The van der Waals surface area contributed by atoms with Gasteiger partial charge in [0.15, 0.2) is 11.6 Å². The zero-order chi connectivity index (χ0) is 14.7. The van der Waals surface area contributed by atoms with Crippen molar-refractivity contribution in [2.75, 3.05) is 0 Å². The lowest BCUT2D eigenvalue weighted by molar-refractivity contribution is 0.460. The van der Waals surface area contributed by atoms with E-state index < -0.39 is 23.5 Å². The van der Waals surface area contributed by atoms with Gasteiger partial charge in [-0.25, -0.2) is 13.2 Å². The molecule has 0 aliphatic rings. The molecule has 0 spiro atoms. The lowest BCUT2D eigenvalue weighted by Gasteiger charge is -2.18. The zero-order valence-electron chi connectivity index (χ0n) is 10.3. The average molecular weight is 301 g/mol. The van der Waals surface area contributed by atoms with Gasteiger partial charge in [0.25, 0.3) is 0 Å². The third-order valence-electron chi connectivity index (χ3n) is 2.99. The molecule has 3 N–H and O–H groups in total. The van der Waals surface area contributed by atoms with E-state index in [2.05, 4.69) is 5.43 Å². The lowest BCUT2D eigenvalue weighted by atomic mass is 9.98. The number of rotatable bonds is 4. The predicted molar refractivity (Wildman–Crippen MR) is 71.5 cm³/mol. The summed E-state index contributed by atoms with van der Waals surface area (Å²) in [7, 11) is 0. The molecule has 1 atom stereocenters. The van der Waals surface area contributed by atoms with E-state index in [1.807, 2.05) is 0 Å². The molecule has 0 heterocycles. The minimum Gasteiger partial charge on any atom is -0.271 e. The van der Waals surface area contributed by atoms with Crippen molar-refractivity contribution in [1.29, 1.82) is 0 Å². The molecule has 0 fully saturated rings. The Morgan fingerprint density at radius 2 is 1.85 bits per heavy atom. The summed E-state index contributed by atoms with van der Waals surface area (Å²) in [5, 5.41) is 0.358. The number of nitrogens with one attached hydrogen (secondary N) is 1. The molecule has 2 nitrogen and oxygen atoms in total. The summed E-state index contributed by atoms with van der Waals surface area (Å²) in [6.07, 6.45) is 0.0449. The molecular weight excluding hydrogens is 289 g/mol.